The number of rotatable bonds is 8. The molecule has 0 saturated carbocycles. The standard InChI is InChI=1S/C29H35FN2O9/c1-16(2)28(35)41-25-17(3)39-29(36)22(15-38-13-11-20(25)14-19-6-8-21(30)9-7-19)32-27(34)24-26(40-18(4)33)23(37-5)10-12-31-24/h6-10,12,16-17,20,22,25H,11,13-15H2,1-5H3,(H,32,34)/t17-,20+,22-,25-/m0/s1. The van der Waals surface area contributed by atoms with Gasteiger partial charge in [0.25, 0.3) is 5.91 Å². The lowest BCUT2D eigenvalue weighted by Crippen LogP contribution is -2.49. The zero-order valence-electron chi connectivity index (χ0n) is 23.7. The second-order valence-corrected chi connectivity index (χ2v) is 9.96. The molecule has 0 aliphatic carbocycles. The number of amides is 1. The molecule has 2 heterocycles. The molecule has 1 aromatic carbocycles. The van der Waals surface area contributed by atoms with E-state index in [1.54, 1.807) is 32.9 Å². The van der Waals surface area contributed by atoms with Gasteiger partial charge in [-0.25, -0.2) is 14.2 Å². The Morgan fingerprint density at radius 3 is 2.51 bits per heavy atom. The summed E-state index contributed by atoms with van der Waals surface area (Å²) in [5, 5.41) is 2.53. The molecule has 2 aromatic rings. The maximum atomic E-state index is 13.5. The number of cyclic esters (lactones) is 1. The zero-order chi connectivity index (χ0) is 30.1. The third kappa shape index (κ3) is 8.71. The van der Waals surface area contributed by atoms with Gasteiger partial charge in [-0.3, -0.25) is 14.4 Å². The van der Waals surface area contributed by atoms with Crippen molar-refractivity contribution in [3.63, 3.8) is 0 Å². The summed E-state index contributed by atoms with van der Waals surface area (Å²) < 4.78 is 41.0. The highest BCUT2D eigenvalue weighted by atomic mass is 19.1. The van der Waals surface area contributed by atoms with Crippen LogP contribution >= 0.6 is 0 Å². The lowest BCUT2D eigenvalue weighted by molar-refractivity contribution is -0.177. The predicted octanol–water partition coefficient (Wildman–Crippen LogP) is 3.03. The first-order valence-electron chi connectivity index (χ1n) is 13.3. The molecule has 11 nitrogen and oxygen atoms in total. The molecule has 0 unspecified atom stereocenters. The van der Waals surface area contributed by atoms with Crippen molar-refractivity contribution in [2.24, 2.45) is 11.8 Å². The molecule has 41 heavy (non-hydrogen) atoms. The number of halogens is 1. The van der Waals surface area contributed by atoms with Crippen LogP contribution in [0, 0.1) is 17.7 Å². The van der Waals surface area contributed by atoms with E-state index in [9.17, 15) is 23.6 Å². The average molecular weight is 575 g/mol. The smallest absolute Gasteiger partial charge is 0.331 e. The minimum atomic E-state index is -1.25. The van der Waals surface area contributed by atoms with Gasteiger partial charge in [-0.2, -0.15) is 0 Å². The van der Waals surface area contributed by atoms with Crippen molar-refractivity contribution >= 4 is 23.8 Å². The number of carbonyl (C=O) groups excluding carboxylic acids is 4. The number of carbonyl (C=O) groups is 4. The minimum Gasteiger partial charge on any atom is -0.493 e. The molecule has 12 heteroatoms. The van der Waals surface area contributed by atoms with Crippen LogP contribution in [0.2, 0.25) is 0 Å². The number of nitrogens with one attached hydrogen (secondary N) is 1. The summed E-state index contributed by atoms with van der Waals surface area (Å²) in [6.07, 6.45) is 0.402. The Morgan fingerprint density at radius 1 is 1.17 bits per heavy atom. The highest BCUT2D eigenvalue weighted by molar-refractivity contribution is 5.98. The number of hydrogen-bond donors (Lipinski definition) is 1. The number of hydrogen-bond acceptors (Lipinski definition) is 10. The third-order valence-electron chi connectivity index (χ3n) is 6.42. The normalized spacial score (nSPS) is 21.4. The predicted molar refractivity (Wildman–Crippen MR) is 143 cm³/mol. The first-order valence-corrected chi connectivity index (χ1v) is 13.3. The van der Waals surface area contributed by atoms with Crippen LogP contribution in [0.4, 0.5) is 4.39 Å². The first kappa shape index (κ1) is 31.5. The molecule has 222 valence electrons. The molecule has 1 aliphatic heterocycles. The summed E-state index contributed by atoms with van der Waals surface area (Å²) in [6.45, 7) is 6.11. The monoisotopic (exact) mass is 574 g/mol. The third-order valence-corrected chi connectivity index (χ3v) is 6.42. The Bertz CT molecular complexity index is 1240. The quantitative estimate of drug-likeness (QED) is 0.468. The van der Waals surface area contributed by atoms with E-state index in [1.165, 1.54) is 31.5 Å². The molecule has 1 saturated heterocycles. The van der Waals surface area contributed by atoms with Gasteiger partial charge in [-0.05, 0) is 37.5 Å². The van der Waals surface area contributed by atoms with Crippen molar-refractivity contribution in [2.75, 3.05) is 20.3 Å². The van der Waals surface area contributed by atoms with Gasteiger partial charge in [0.2, 0.25) is 5.75 Å². The van der Waals surface area contributed by atoms with Gasteiger partial charge in [0, 0.05) is 31.7 Å². The maximum Gasteiger partial charge on any atom is 0.331 e. The first-order chi connectivity index (χ1) is 19.5. The Morgan fingerprint density at radius 2 is 1.88 bits per heavy atom. The van der Waals surface area contributed by atoms with E-state index in [4.69, 9.17) is 23.7 Å². The van der Waals surface area contributed by atoms with Gasteiger partial charge in [-0.1, -0.05) is 26.0 Å². The average Bonchev–Trinajstić information content (AvgIpc) is 2.92. The van der Waals surface area contributed by atoms with E-state index in [-0.39, 0.29) is 42.1 Å². The molecule has 4 atom stereocenters. The largest absolute Gasteiger partial charge is 0.493 e. The summed E-state index contributed by atoms with van der Waals surface area (Å²) in [5.41, 5.74) is 0.540. The van der Waals surface area contributed by atoms with E-state index >= 15 is 0 Å². The minimum absolute atomic E-state index is 0.0979. The number of ether oxygens (including phenoxy) is 5. The van der Waals surface area contributed by atoms with Crippen molar-refractivity contribution in [1.29, 1.82) is 0 Å². The van der Waals surface area contributed by atoms with Gasteiger partial charge < -0.3 is 29.0 Å². The second-order valence-electron chi connectivity index (χ2n) is 9.96. The summed E-state index contributed by atoms with van der Waals surface area (Å²) >= 11 is 0. The number of nitrogens with zero attached hydrogens (tertiary/aromatic N) is 1. The summed E-state index contributed by atoms with van der Waals surface area (Å²) in [4.78, 5) is 54.6. The molecule has 0 radical (unpaired) electrons. The molecular formula is C29H35FN2O9. The molecule has 1 fully saturated rings. The zero-order valence-corrected chi connectivity index (χ0v) is 23.7. The van der Waals surface area contributed by atoms with Crippen molar-refractivity contribution in [3.8, 4) is 11.5 Å². The molecule has 0 bridgehead atoms. The van der Waals surface area contributed by atoms with Gasteiger partial charge in [0.05, 0.1) is 19.6 Å². The summed E-state index contributed by atoms with van der Waals surface area (Å²) in [7, 11) is 1.34. The van der Waals surface area contributed by atoms with E-state index < -0.39 is 48.0 Å². The van der Waals surface area contributed by atoms with Gasteiger partial charge in [0.15, 0.2) is 17.5 Å². The molecule has 1 amide bonds. The van der Waals surface area contributed by atoms with E-state index in [0.717, 1.165) is 12.5 Å². The lowest BCUT2D eigenvalue weighted by Gasteiger charge is -2.34. The van der Waals surface area contributed by atoms with Crippen LogP contribution in [0.3, 0.4) is 0 Å². The van der Waals surface area contributed by atoms with E-state index in [0.29, 0.717) is 12.8 Å². The molecule has 0 spiro atoms. The second kappa shape index (κ2) is 14.5. The number of methoxy groups -OCH3 is 1. The van der Waals surface area contributed by atoms with Crippen molar-refractivity contribution in [2.45, 2.75) is 58.8 Å². The molecule has 1 N–H and O–H groups in total. The lowest BCUT2D eigenvalue weighted by atomic mass is 9.88. The number of pyridine rings is 1. The Hall–Kier alpha value is -4.06. The number of benzene rings is 1. The number of esters is 3. The van der Waals surface area contributed by atoms with Crippen LogP contribution in [0.25, 0.3) is 0 Å². The van der Waals surface area contributed by atoms with Gasteiger partial charge in [-0.15, -0.1) is 0 Å². The van der Waals surface area contributed by atoms with Gasteiger partial charge >= 0.3 is 17.9 Å². The van der Waals surface area contributed by atoms with Crippen molar-refractivity contribution in [3.05, 3.63) is 53.6 Å². The maximum absolute atomic E-state index is 13.5. The molecular weight excluding hydrogens is 539 g/mol. The van der Waals surface area contributed by atoms with Gasteiger partial charge in [0.1, 0.15) is 18.0 Å². The summed E-state index contributed by atoms with van der Waals surface area (Å²) in [6, 6.07) is 6.16. The van der Waals surface area contributed by atoms with Crippen LogP contribution in [0.1, 0.15) is 50.2 Å². The SMILES string of the molecule is COc1ccnc(C(=O)N[C@H]2COCC[C@H](Cc3ccc(F)cc3)[C@@H](OC(=O)C(C)C)[C@H](C)OC2=O)c1OC(C)=O. The topological polar surface area (TPSA) is 139 Å². The van der Waals surface area contributed by atoms with Crippen LogP contribution in [-0.4, -0.2) is 67.4 Å². The van der Waals surface area contributed by atoms with Crippen molar-refractivity contribution in [1.82, 2.24) is 10.3 Å². The fourth-order valence-electron chi connectivity index (χ4n) is 4.31. The van der Waals surface area contributed by atoms with Crippen LogP contribution in [0.5, 0.6) is 11.5 Å². The Kier molecular flexibility index (Phi) is 11.2. The number of aromatic nitrogens is 1. The Balaban J connectivity index is 1.83. The summed E-state index contributed by atoms with van der Waals surface area (Å²) in [5.74, 6) is -4.03. The highest BCUT2D eigenvalue weighted by Gasteiger charge is 2.37. The highest BCUT2D eigenvalue weighted by Crippen LogP contribution is 2.30. The molecule has 1 aromatic heterocycles. The van der Waals surface area contributed by atoms with Crippen LogP contribution in [0.15, 0.2) is 36.5 Å². The fourth-order valence-corrected chi connectivity index (χ4v) is 4.31. The van der Waals surface area contributed by atoms with E-state index in [2.05, 4.69) is 10.3 Å². The van der Waals surface area contributed by atoms with Crippen LogP contribution in [-0.2, 0) is 35.0 Å². The molecule has 1 aliphatic rings. The van der Waals surface area contributed by atoms with Crippen LogP contribution < -0.4 is 14.8 Å². The Labute approximate surface area is 237 Å². The molecule has 3 rings (SSSR count). The van der Waals surface area contributed by atoms with E-state index in [1.807, 2.05) is 0 Å². The van der Waals surface area contributed by atoms with Crippen molar-refractivity contribution < 1.29 is 47.3 Å². The fraction of sp³-hybridized carbons (Fsp3) is 0.483.